The van der Waals surface area contributed by atoms with Crippen molar-refractivity contribution in [2.45, 2.75) is 17.1 Å². The molecule has 0 spiro atoms. The molecule has 9 heteroatoms. The predicted octanol–water partition coefficient (Wildman–Crippen LogP) is 1.75. The number of halogens is 1. The summed E-state index contributed by atoms with van der Waals surface area (Å²) in [5.41, 5.74) is 0.271. The summed E-state index contributed by atoms with van der Waals surface area (Å²) in [6.07, 6.45) is -0.874. The molecule has 1 amide bonds. The Labute approximate surface area is 168 Å². The highest BCUT2D eigenvalue weighted by Gasteiger charge is 2.41. The van der Waals surface area contributed by atoms with Crippen molar-refractivity contribution in [1.82, 2.24) is 9.21 Å². The number of hydrogen-bond donors (Lipinski definition) is 0. The molecule has 2 aliphatic rings. The number of nitrogens with zero attached hydrogens (tertiary/aromatic N) is 2. The van der Waals surface area contributed by atoms with Gasteiger partial charge in [0.15, 0.2) is 0 Å². The van der Waals surface area contributed by atoms with Crippen LogP contribution in [0.1, 0.15) is 10.4 Å². The van der Waals surface area contributed by atoms with E-state index in [0.717, 1.165) is 0 Å². The second kappa shape index (κ2) is 7.74. The quantitative estimate of drug-likeness (QED) is 0.753. The lowest BCUT2D eigenvalue weighted by atomic mass is 10.1. The van der Waals surface area contributed by atoms with E-state index in [1.165, 1.54) is 41.7 Å². The number of hydrogen-bond acceptors (Lipinski definition) is 5. The normalized spacial score (nSPS) is 22.3. The molecular formula is C20H21FN2O5S. The minimum absolute atomic E-state index is 0.151. The van der Waals surface area contributed by atoms with E-state index in [2.05, 4.69) is 0 Å². The molecule has 0 N–H and O–H groups in total. The molecule has 0 saturated carbocycles. The van der Waals surface area contributed by atoms with Gasteiger partial charge in [-0.2, -0.15) is 4.31 Å². The largest absolute Gasteiger partial charge is 0.497 e. The van der Waals surface area contributed by atoms with Gasteiger partial charge in [-0.15, -0.1) is 0 Å². The number of fused-ring (bicyclic) bond motifs is 2. The molecular weight excluding hydrogens is 399 g/mol. The molecule has 2 aromatic rings. The summed E-state index contributed by atoms with van der Waals surface area (Å²) in [5, 5.41) is 0. The van der Waals surface area contributed by atoms with E-state index in [0.29, 0.717) is 5.75 Å². The predicted molar refractivity (Wildman–Crippen MR) is 103 cm³/mol. The smallest absolute Gasteiger partial charge is 0.254 e. The maximum Gasteiger partial charge on any atom is 0.254 e. The Kier molecular flexibility index (Phi) is 5.28. The van der Waals surface area contributed by atoms with Crippen LogP contribution in [0.15, 0.2) is 53.4 Å². The van der Waals surface area contributed by atoms with Crippen molar-refractivity contribution < 1.29 is 27.1 Å². The van der Waals surface area contributed by atoms with Gasteiger partial charge in [-0.25, -0.2) is 12.8 Å². The first kappa shape index (κ1) is 19.8. The highest BCUT2D eigenvalue weighted by molar-refractivity contribution is 7.89. The van der Waals surface area contributed by atoms with E-state index in [1.54, 1.807) is 23.1 Å². The van der Waals surface area contributed by atoms with Gasteiger partial charge in [-0.05, 0) is 42.5 Å². The summed E-state index contributed by atoms with van der Waals surface area (Å²) in [6, 6.07) is 11.8. The number of carbonyl (C=O) groups is 1. The summed E-state index contributed by atoms with van der Waals surface area (Å²) < 4.78 is 51.8. The highest BCUT2D eigenvalue weighted by Crippen LogP contribution is 2.26. The topological polar surface area (TPSA) is 76.2 Å². The van der Waals surface area contributed by atoms with Gasteiger partial charge in [-0.3, -0.25) is 4.79 Å². The zero-order valence-corrected chi connectivity index (χ0v) is 16.6. The van der Waals surface area contributed by atoms with Gasteiger partial charge in [0.2, 0.25) is 10.0 Å². The van der Waals surface area contributed by atoms with Crippen LogP contribution in [0, 0.1) is 5.82 Å². The van der Waals surface area contributed by atoms with Crippen LogP contribution in [-0.2, 0) is 14.8 Å². The summed E-state index contributed by atoms with van der Waals surface area (Å²) in [5.74, 6) is -0.176. The lowest BCUT2D eigenvalue weighted by molar-refractivity contribution is -0.113. The number of ether oxygens (including phenoxy) is 2. The highest BCUT2D eigenvalue weighted by atomic mass is 32.2. The summed E-state index contributed by atoms with van der Waals surface area (Å²) in [4.78, 5) is 14.5. The molecule has 2 atom stereocenters. The second-order valence-electron chi connectivity index (χ2n) is 7.10. The van der Waals surface area contributed by atoms with Gasteiger partial charge in [0, 0.05) is 31.7 Å². The first-order chi connectivity index (χ1) is 13.9. The Bertz CT molecular complexity index is 998. The number of carbonyl (C=O) groups excluding carboxylic acids is 1. The third-order valence-corrected chi connectivity index (χ3v) is 6.95. The number of rotatable bonds is 4. The van der Waals surface area contributed by atoms with E-state index in [-0.39, 0.29) is 42.5 Å². The molecule has 0 aliphatic carbocycles. The van der Waals surface area contributed by atoms with E-state index in [4.69, 9.17) is 9.47 Å². The van der Waals surface area contributed by atoms with E-state index in [1.807, 2.05) is 0 Å². The molecule has 0 radical (unpaired) electrons. The Morgan fingerprint density at radius 2 is 1.72 bits per heavy atom. The van der Waals surface area contributed by atoms with Gasteiger partial charge in [-0.1, -0.05) is 6.07 Å². The fraction of sp³-hybridized carbons (Fsp3) is 0.350. The molecule has 2 aliphatic heterocycles. The van der Waals surface area contributed by atoms with Crippen LogP contribution in [0.5, 0.6) is 5.75 Å². The lowest BCUT2D eigenvalue weighted by Gasteiger charge is -2.45. The minimum Gasteiger partial charge on any atom is -0.497 e. The molecule has 2 bridgehead atoms. The molecule has 29 heavy (non-hydrogen) atoms. The van der Waals surface area contributed by atoms with Crippen molar-refractivity contribution in [3.05, 3.63) is 59.9 Å². The maximum atomic E-state index is 13.4. The minimum atomic E-state index is -3.68. The van der Waals surface area contributed by atoms with Crippen LogP contribution in [0.3, 0.4) is 0 Å². The summed E-state index contributed by atoms with van der Waals surface area (Å²) in [7, 11) is -2.16. The molecule has 2 saturated heterocycles. The molecule has 2 fully saturated rings. The maximum absolute atomic E-state index is 13.4. The summed E-state index contributed by atoms with van der Waals surface area (Å²) >= 11 is 0. The average molecular weight is 420 g/mol. The Balaban J connectivity index is 1.48. The van der Waals surface area contributed by atoms with Crippen LogP contribution < -0.4 is 4.74 Å². The first-order valence-corrected chi connectivity index (χ1v) is 10.7. The van der Waals surface area contributed by atoms with Crippen LogP contribution in [-0.4, -0.2) is 69.0 Å². The average Bonchev–Trinajstić information content (AvgIpc) is 2.72. The van der Waals surface area contributed by atoms with E-state index < -0.39 is 28.0 Å². The lowest BCUT2D eigenvalue weighted by Crippen LogP contribution is -2.61. The monoisotopic (exact) mass is 420 g/mol. The molecule has 154 valence electrons. The van der Waals surface area contributed by atoms with Gasteiger partial charge in [0.1, 0.15) is 11.6 Å². The molecule has 7 nitrogen and oxygen atoms in total. The number of morpholine rings is 2. The first-order valence-electron chi connectivity index (χ1n) is 9.21. The Morgan fingerprint density at radius 3 is 2.31 bits per heavy atom. The molecule has 2 unspecified atom stereocenters. The van der Waals surface area contributed by atoms with Crippen molar-refractivity contribution >= 4 is 15.9 Å². The number of benzene rings is 2. The van der Waals surface area contributed by atoms with Gasteiger partial charge >= 0.3 is 0 Å². The van der Waals surface area contributed by atoms with Gasteiger partial charge in [0.05, 0.1) is 24.2 Å². The molecule has 0 aromatic heterocycles. The second-order valence-corrected chi connectivity index (χ2v) is 9.04. The number of amides is 1. The Hall–Kier alpha value is -2.49. The van der Waals surface area contributed by atoms with E-state index >= 15 is 0 Å². The van der Waals surface area contributed by atoms with Crippen LogP contribution in [0.2, 0.25) is 0 Å². The third-order valence-electron chi connectivity index (χ3n) is 5.10. The van der Waals surface area contributed by atoms with E-state index in [9.17, 15) is 17.6 Å². The van der Waals surface area contributed by atoms with Crippen molar-refractivity contribution in [3.63, 3.8) is 0 Å². The van der Waals surface area contributed by atoms with Crippen molar-refractivity contribution in [2.24, 2.45) is 0 Å². The number of sulfonamides is 1. The van der Waals surface area contributed by atoms with Gasteiger partial charge < -0.3 is 14.4 Å². The van der Waals surface area contributed by atoms with Crippen molar-refractivity contribution in [1.29, 1.82) is 0 Å². The van der Waals surface area contributed by atoms with Crippen LogP contribution >= 0.6 is 0 Å². The zero-order chi connectivity index (χ0) is 20.6. The van der Waals surface area contributed by atoms with Crippen LogP contribution in [0.4, 0.5) is 4.39 Å². The number of methoxy groups -OCH3 is 1. The van der Waals surface area contributed by atoms with Gasteiger partial charge in [0.25, 0.3) is 5.91 Å². The molecule has 2 heterocycles. The fourth-order valence-corrected chi connectivity index (χ4v) is 5.22. The van der Waals surface area contributed by atoms with Crippen molar-refractivity contribution in [3.8, 4) is 5.75 Å². The standard InChI is InChI=1S/C20H21FN2O5S/c1-27-16-5-7-19(8-6-16)29(25,26)23-12-17-10-22(11-18(13-23)28-17)20(24)14-3-2-4-15(21)9-14/h2-9,17-18H,10-13H2,1H3. The van der Waals surface area contributed by atoms with Crippen LogP contribution in [0.25, 0.3) is 0 Å². The zero-order valence-electron chi connectivity index (χ0n) is 15.8. The summed E-state index contributed by atoms with van der Waals surface area (Å²) in [6.45, 7) is 0.802. The Morgan fingerprint density at radius 1 is 1.07 bits per heavy atom. The molecule has 4 rings (SSSR count). The molecule has 2 aromatic carbocycles. The van der Waals surface area contributed by atoms with Crippen molar-refractivity contribution in [2.75, 3.05) is 33.3 Å². The third kappa shape index (κ3) is 3.98. The fourth-order valence-electron chi connectivity index (χ4n) is 3.72. The SMILES string of the molecule is COc1ccc(S(=O)(=O)N2CC3CN(C(=O)c4cccc(F)c4)CC(C2)O3)cc1.